The van der Waals surface area contributed by atoms with Crippen molar-refractivity contribution in [2.24, 2.45) is 0 Å². The van der Waals surface area contributed by atoms with Gasteiger partial charge < -0.3 is 14.9 Å². The fraction of sp³-hybridized carbons (Fsp3) is 0.600. The highest BCUT2D eigenvalue weighted by Gasteiger charge is 2.15. The number of rotatable bonds is 5. The first-order valence-corrected chi connectivity index (χ1v) is 6.99. The van der Waals surface area contributed by atoms with Gasteiger partial charge in [-0.3, -0.25) is 0 Å². The molecule has 1 fully saturated rings. The van der Waals surface area contributed by atoms with Gasteiger partial charge in [0.2, 0.25) is 0 Å². The van der Waals surface area contributed by atoms with E-state index < -0.39 is 6.10 Å². The minimum Gasteiger partial charge on any atom is -0.389 e. The lowest BCUT2D eigenvalue weighted by Crippen LogP contribution is -2.32. The molecule has 3 nitrogen and oxygen atoms in total. The molecule has 0 amide bonds. The van der Waals surface area contributed by atoms with Crippen LogP contribution < -0.4 is 4.90 Å². The van der Waals surface area contributed by atoms with Crippen molar-refractivity contribution >= 4 is 5.69 Å². The molecule has 1 aromatic carbocycles. The zero-order chi connectivity index (χ0) is 13.8. The standard InChI is InChI=1S/C15H23FN2O/c1-12(19)14-11-13(16)5-6-15(14)17(2)9-10-18-7-3-4-8-18/h5-6,11-12,19H,3-4,7-10H2,1-2H3. The topological polar surface area (TPSA) is 26.7 Å². The van der Waals surface area contributed by atoms with E-state index in [0.717, 1.165) is 18.8 Å². The van der Waals surface area contributed by atoms with Crippen molar-refractivity contribution in [3.05, 3.63) is 29.6 Å². The molecule has 1 N–H and O–H groups in total. The molecule has 106 valence electrons. The number of benzene rings is 1. The average Bonchev–Trinajstić information content (AvgIpc) is 2.88. The monoisotopic (exact) mass is 266 g/mol. The van der Waals surface area contributed by atoms with Crippen LogP contribution in [0.3, 0.4) is 0 Å². The molecule has 0 spiro atoms. The van der Waals surface area contributed by atoms with Crippen LogP contribution in [0.25, 0.3) is 0 Å². The van der Waals surface area contributed by atoms with E-state index in [4.69, 9.17) is 0 Å². The molecular formula is C15H23FN2O. The number of likely N-dealkylation sites (tertiary alicyclic amines) is 1. The van der Waals surface area contributed by atoms with Gasteiger partial charge >= 0.3 is 0 Å². The lowest BCUT2D eigenvalue weighted by Gasteiger charge is -2.26. The third-order valence-electron chi connectivity index (χ3n) is 3.80. The normalized spacial score (nSPS) is 17.7. The van der Waals surface area contributed by atoms with Crippen molar-refractivity contribution in [2.45, 2.75) is 25.9 Å². The fourth-order valence-electron chi connectivity index (χ4n) is 2.63. The van der Waals surface area contributed by atoms with Gasteiger partial charge in [0.1, 0.15) is 5.82 Å². The number of hydrogen-bond donors (Lipinski definition) is 1. The van der Waals surface area contributed by atoms with E-state index in [1.54, 1.807) is 13.0 Å². The van der Waals surface area contributed by atoms with Gasteiger partial charge in [-0.2, -0.15) is 0 Å². The van der Waals surface area contributed by atoms with E-state index in [0.29, 0.717) is 5.56 Å². The summed E-state index contributed by atoms with van der Waals surface area (Å²) in [6.07, 6.45) is 1.93. The second-order valence-electron chi connectivity index (χ2n) is 5.35. The number of halogens is 1. The number of likely N-dealkylation sites (N-methyl/N-ethyl adjacent to an activating group) is 1. The fourth-order valence-corrected chi connectivity index (χ4v) is 2.63. The second-order valence-corrected chi connectivity index (χ2v) is 5.35. The summed E-state index contributed by atoms with van der Waals surface area (Å²) in [6.45, 7) is 5.95. The molecule has 1 aliphatic heterocycles. The minimum atomic E-state index is -0.653. The Balaban J connectivity index is 2.02. The molecule has 0 saturated carbocycles. The first-order valence-electron chi connectivity index (χ1n) is 6.99. The summed E-state index contributed by atoms with van der Waals surface area (Å²) in [7, 11) is 2.00. The van der Waals surface area contributed by atoms with Crippen molar-refractivity contribution in [2.75, 3.05) is 38.1 Å². The predicted octanol–water partition coefficient (Wildman–Crippen LogP) is 2.41. The van der Waals surface area contributed by atoms with Crippen LogP contribution in [0.1, 0.15) is 31.4 Å². The number of hydrogen-bond acceptors (Lipinski definition) is 3. The van der Waals surface area contributed by atoms with Crippen LogP contribution in [-0.2, 0) is 0 Å². The first-order chi connectivity index (χ1) is 9.08. The molecule has 1 aliphatic rings. The van der Waals surface area contributed by atoms with Gasteiger partial charge in [-0.1, -0.05) is 0 Å². The SMILES string of the molecule is CC(O)c1cc(F)ccc1N(C)CCN1CCCC1. The third-order valence-corrected chi connectivity index (χ3v) is 3.80. The Morgan fingerprint density at radius 3 is 2.68 bits per heavy atom. The van der Waals surface area contributed by atoms with Crippen LogP contribution in [-0.4, -0.2) is 43.2 Å². The van der Waals surface area contributed by atoms with E-state index in [1.165, 1.54) is 38.1 Å². The van der Waals surface area contributed by atoms with Crippen molar-refractivity contribution in [3.8, 4) is 0 Å². The van der Waals surface area contributed by atoms with E-state index in [9.17, 15) is 9.50 Å². The lowest BCUT2D eigenvalue weighted by molar-refractivity contribution is 0.199. The van der Waals surface area contributed by atoms with E-state index in [-0.39, 0.29) is 5.82 Å². The maximum atomic E-state index is 13.3. The zero-order valence-electron chi connectivity index (χ0n) is 11.8. The minimum absolute atomic E-state index is 0.299. The number of nitrogens with zero attached hydrogens (tertiary/aromatic N) is 2. The average molecular weight is 266 g/mol. The predicted molar refractivity (Wildman–Crippen MR) is 76.0 cm³/mol. The van der Waals surface area contributed by atoms with Gasteiger partial charge in [0.25, 0.3) is 0 Å². The first kappa shape index (κ1) is 14.3. The molecule has 1 unspecified atom stereocenters. The van der Waals surface area contributed by atoms with Crippen LogP contribution >= 0.6 is 0 Å². The van der Waals surface area contributed by atoms with E-state index in [1.807, 2.05) is 7.05 Å². The second kappa shape index (κ2) is 6.35. The molecule has 1 saturated heterocycles. The Labute approximate surface area is 114 Å². The lowest BCUT2D eigenvalue weighted by atomic mass is 10.1. The van der Waals surface area contributed by atoms with Gasteiger partial charge in [-0.05, 0) is 51.1 Å². The molecule has 0 bridgehead atoms. The summed E-state index contributed by atoms with van der Waals surface area (Å²) >= 11 is 0. The van der Waals surface area contributed by atoms with Gasteiger partial charge in [0.05, 0.1) is 6.10 Å². The van der Waals surface area contributed by atoms with Crippen molar-refractivity contribution in [1.82, 2.24) is 4.90 Å². The Morgan fingerprint density at radius 1 is 1.37 bits per heavy atom. The molecule has 0 radical (unpaired) electrons. The molecule has 0 aliphatic carbocycles. The Hall–Kier alpha value is -1.13. The van der Waals surface area contributed by atoms with E-state index >= 15 is 0 Å². The zero-order valence-corrected chi connectivity index (χ0v) is 11.8. The highest BCUT2D eigenvalue weighted by molar-refractivity contribution is 5.54. The van der Waals surface area contributed by atoms with Crippen molar-refractivity contribution in [3.63, 3.8) is 0 Å². The van der Waals surface area contributed by atoms with Crippen LogP contribution in [0, 0.1) is 5.82 Å². The molecule has 0 aromatic heterocycles. The molecular weight excluding hydrogens is 243 g/mol. The molecule has 19 heavy (non-hydrogen) atoms. The molecule has 4 heteroatoms. The van der Waals surface area contributed by atoms with Crippen LogP contribution in [0.5, 0.6) is 0 Å². The quantitative estimate of drug-likeness (QED) is 0.886. The van der Waals surface area contributed by atoms with Crippen molar-refractivity contribution < 1.29 is 9.50 Å². The Morgan fingerprint density at radius 2 is 2.05 bits per heavy atom. The number of anilines is 1. The summed E-state index contributed by atoms with van der Waals surface area (Å²) < 4.78 is 13.3. The molecule has 1 aromatic rings. The highest BCUT2D eigenvalue weighted by atomic mass is 19.1. The summed E-state index contributed by atoms with van der Waals surface area (Å²) in [5.41, 5.74) is 1.57. The van der Waals surface area contributed by atoms with Crippen molar-refractivity contribution in [1.29, 1.82) is 0 Å². The number of aliphatic hydroxyl groups excluding tert-OH is 1. The summed E-state index contributed by atoms with van der Waals surface area (Å²) in [5, 5.41) is 9.75. The van der Waals surface area contributed by atoms with Gasteiger partial charge in [-0.25, -0.2) is 4.39 Å². The van der Waals surface area contributed by atoms with E-state index in [2.05, 4.69) is 9.80 Å². The van der Waals surface area contributed by atoms with Gasteiger partial charge in [0, 0.05) is 31.4 Å². The smallest absolute Gasteiger partial charge is 0.123 e. The van der Waals surface area contributed by atoms with Crippen LogP contribution in [0.4, 0.5) is 10.1 Å². The summed E-state index contributed by atoms with van der Waals surface area (Å²) in [6, 6.07) is 4.63. The number of aliphatic hydroxyl groups is 1. The van der Waals surface area contributed by atoms with Crippen LogP contribution in [0.2, 0.25) is 0 Å². The maximum absolute atomic E-state index is 13.3. The largest absolute Gasteiger partial charge is 0.389 e. The molecule has 2 rings (SSSR count). The Bertz CT molecular complexity index is 417. The van der Waals surface area contributed by atoms with Gasteiger partial charge in [-0.15, -0.1) is 0 Å². The van der Waals surface area contributed by atoms with Crippen LogP contribution in [0.15, 0.2) is 18.2 Å². The summed E-state index contributed by atoms with van der Waals surface area (Å²) in [4.78, 5) is 4.54. The Kier molecular flexibility index (Phi) is 4.77. The maximum Gasteiger partial charge on any atom is 0.123 e. The molecule has 1 heterocycles. The third kappa shape index (κ3) is 3.67. The van der Waals surface area contributed by atoms with Gasteiger partial charge in [0.15, 0.2) is 0 Å². The summed E-state index contributed by atoms with van der Waals surface area (Å²) in [5.74, 6) is -0.299. The molecule has 1 atom stereocenters. The highest BCUT2D eigenvalue weighted by Crippen LogP contribution is 2.26.